The molecule has 6 aromatic rings. The highest BCUT2D eigenvalue weighted by molar-refractivity contribution is 7.93. The lowest BCUT2D eigenvalue weighted by Gasteiger charge is -2.13. The normalized spacial score (nSPS) is 11.7. The van der Waals surface area contributed by atoms with Crippen molar-refractivity contribution in [1.29, 1.82) is 0 Å². The molecule has 3 aromatic heterocycles. The molecule has 53 heavy (non-hydrogen) atoms. The monoisotopic (exact) mass is 779 g/mol. The number of halogens is 6. The minimum Gasteiger partial charge on any atom is -0.483 e. The number of para-hydroxylation sites is 2. The van der Waals surface area contributed by atoms with Crippen LogP contribution in [-0.4, -0.2) is 53.6 Å². The van der Waals surface area contributed by atoms with E-state index in [9.17, 15) is 44.3 Å². The molecule has 12 nitrogen and oxygen atoms in total. The Morgan fingerprint density at radius 2 is 1.25 bits per heavy atom. The molecule has 0 radical (unpaired) electrons. The molecular formula is C33H23F6N5O7S2. The number of ether oxygens (including phenoxy) is 2. The Hall–Kier alpha value is -6.02. The van der Waals surface area contributed by atoms with Gasteiger partial charge in [-0.15, -0.1) is 11.3 Å². The number of carboxylic acid groups (broad SMARTS) is 1. The summed E-state index contributed by atoms with van der Waals surface area (Å²) in [6, 6.07) is 15.2. The topological polar surface area (TPSA) is 170 Å². The molecule has 0 spiro atoms. The van der Waals surface area contributed by atoms with Gasteiger partial charge in [0.25, 0.3) is 15.9 Å². The SMILES string of the molecule is O=C(COc1ccnc2c(C(F)(F)F)cccc12)Nc1ccc(S(=O)(=O)Nc2nccs2)cc1.O=C(O)COc1ccnc2c(C(F)(F)F)cccc12. The lowest BCUT2D eigenvalue weighted by atomic mass is 10.1. The lowest BCUT2D eigenvalue weighted by molar-refractivity contribution is -0.139. The number of carbonyl (C=O) groups excluding carboxylic acids is 1. The number of sulfonamides is 1. The summed E-state index contributed by atoms with van der Waals surface area (Å²) in [6.45, 7) is -1.11. The number of hydrogen-bond donors (Lipinski definition) is 3. The number of amides is 1. The summed E-state index contributed by atoms with van der Waals surface area (Å²) in [7, 11) is -3.84. The Kier molecular flexibility index (Phi) is 11.3. The third-order valence-corrected chi connectivity index (χ3v) is 9.06. The third-order valence-electron chi connectivity index (χ3n) is 6.89. The van der Waals surface area contributed by atoms with Crippen LogP contribution in [0.25, 0.3) is 21.8 Å². The first kappa shape index (κ1) is 38.2. The van der Waals surface area contributed by atoms with Crippen molar-refractivity contribution in [3.8, 4) is 11.5 Å². The molecule has 3 N–H and O–H groups in total. The van der Waals surface area contributed by atoms with Gasteiger partial charge in [-0.05, 0) is 60.7 Å². The van der Waals surface area contributed by atoms with Crippen molar-refractivity contribution < 1.29 is 58.9 Å². The molecule has 6 rings (SSSR count). The Balaban J connectivity index is 0.000000241. The van der Waals surface area contributed by atoms with Gasteiger partial charge < -0.3 is 19.9 Å². The van der Waals surface area contributed by atoms with Crippen molar-refractivity contribution in [3.05, 3.63) is 108 Å². The summed E-state index contributed by atoms with van der Waals surface area (Å²) in [6.07, 6.45) is -5.33. The number of aromatic nitrogens is 3. The summed E-state index contributed by atoms with van der Waals surface area (Å²) in [5.41, 5.74) is -2.03. The molecule has 0 atom stereocenters. The van der Waals surface area contributed by atoms with Crippen molar-refractivity contribution in [2.24, 2.45) is 0 Å². The molecular weight excluding hydrogens is 757 g/mol. The van der Waals surface area contributed by atoms with Gasteiger partial charge in [0.1, 0.15) is 11.5 Å². The standard InChI is InChI=1S/C21H15F3N4O4S2.C12H8F3NO3/c22-21(23,24)16-3-1-2-15-17(8-9-25-19(15)16)32-12-18(29)27-13-4-6-14(7-5-13)34(30,31)28-20-26-10-11-33-20;13-12(14,15)8-3-1-2-7-9(19-6-10(17)18)4-5-16-11(7)8/h1-11H,12H2,(H,26,28)(H,27,29);1-5H,6H2,(H,17,18). The van der Waals surface area contributed by atoms with Crippen LogP contribution < -0.4 is 19.5 Å². The predicted octanol–water partition coefficient (Wildman–Crippen LogP) is 7.25. The van der Waals surface area contributed by atoms with Gasteiger partial charge in [-0.1, -0.05) is 12.1 Å². The summed E-state index contributed by atoms with van der Waals surface area (Å²) in [5, 5.41) is 13.1. The van der Waals surface area contributed by atoms with Crippen LogP contribution in [0, 0.1) is 0 Å². The summed E-state index contributed by atoms with van der Waals surface area (Å²) in [5.74, 6) is -1.68. The van der Waals surface area contributed by atoms with Gasteiger partial charge in [-0.3, -0.25) is 19.5 Å². The Morgan fingerprint density at radius 3 is 1.72 bits per heavy atom. The van der Waals surface area contributed by atoms with E-state index in [2.05, 4.69) is 25.0 Å². The van der Waals surface area contributed by atoms with Crippen molar-refractivity contribution in [2.75, 3.05) is 23.3 Å². The second-order valence-electron chi connectivity index (χ2n) is 10.5. The maximum atomic E-state index is 13.2. The predicted molar refractivity (Wildman–Crippen MR) is 180 cm³/mol. The number of carbonyl (C=O) groups is 2. The van der Waals surface area contributed by atoms with Crippen LogP contribution in [0.15, 0.2) is 102 Å². The quantitative estimate of drug-likeness (QED) is 0.121. The van der Waals surface area contributed by atoms with E-state index in [0.29, 0.717) is 5.69 Å². The fourth-order valence-corrected chi connectivity index (χ4v) is 6.44. The van der Waals surface area contributed by atoms with Crippen LogP contribution in [-0.2, 0) is 32.0 Å². The number of fused-ring (bicyclic) bond motifs is 2. The van der Waals surface area contributed by atoms with Crippen molar-refractivity contribution >= 4 is 65.9 Å². The number of nitrogens with one attached hydrogen (secondary N) is 2. The van der Waals surface area contributed by atoms with Gasteiger partial charge in [0.05, 0.1) is 27.1 Å². The van der Waals surface area contributed by atoms with E-state index in [1.165, 1.54) is 73.1 Å². The van der Waals surface area contributed by atoms with E-state index in [0.717, 1.165) is 29.7 Å². The average Bonchev–Trinajstić information content (AvgIpc) is 3.61. The fourth-order valence-electron chi connectivity index (χ4n) is 4.66. The first-order valence-corrected chi connectivity index (χ1v) is 17.1. The van der Waals surface area contributed by atoms with Gasteiger partial charge >= 0.3 is 18.3 Å². The van der Waals surface area contributed by atoms with Crippen LogP contribution in [0.1, 0.15) is 11.1 Å². The summed E-state index contributed by atoms with van der Waals surface area (Å²) in [4.78, 5) is 34.0. The number of hydrogen-bond acceptors (Lipinski definition) is 10. The zero-order chi connectivity index (χ0) is 38.4. The summed E-state index contributed by atoms with van der Waals surface area (Å²) < 4.78 is 115. The number of rotatable bonds is 10. The van der Waals surface area contributed by atoms with Crippen molar-refractivity contribution in [2.45, 2.75) is 17.2 Å². The smallest absolute Gasteiger partial charge is 0.418 e. The first-order valence-electron chi connectivity index (χ1n) is 14.7. The zero-order valence-corrected chi connectivity index (χ0v) is 28.1. The van der Waals surface area contributed by atoms with Gasteiger partial charge in [0.2, 0.25) is 0 Å². The number of pyridine rings is 2. The minimum absolute atomic E-state index is 0.0272. The Labute approximate surface area is 299 Å². The number of benzene rings is 3. The largest absolute Gasteiger partial charge is 0.483 e. The van der Waals surface area contributed by atoms with E-state index in [4.69, 9.17) is 14.6 Å². The number of alkyl halides is 6. The molecule has 0 aliphatic rings. The van der Waals surface area contributed by atoms with Gasteiger partial charge in [0, 0.05) is 40.4 Å². The third kappa shape index (κ3) is 9.65. The van der Waals surface area contributed by atoms with E-state index < -0.39 is 58.6 Å². The molecule has 1 amide bonds. The maximum absolute atomic E-state index is 13.2. The minimum atomic E-state index is -4.59. The van der Waals surface area contributed by atoms with Crippen molar-refractivity contribution in [3.63, 3.8) is 0 Å². The van der Waals surface area contributed by atoms with Crippen LogP contribution in [0.4, 0.5) is 37.2 Å². The maximum Gasteiger partial charge on any atom is 0.418 e. The molecule has 276 valence electrons. The highest BCUT2D eigenvalue weighted by atomic mass is 32.2. The number of anilines is 2. The van der Waals surface area contributed by atoms with Gasteiger partial charge in [-0.25, -0.2) is 18.2 Å². The Morgan fingerprint density at radius 1 is 0.717 bits per heavy atom. The Bertz CT molecular complexity index is 2360. The number of carboxylic acids is 1. The molecule has 0 saturated heterocycles. The van der Waals surface area contributed by atoms with Gasteiger partial charge in [-0.2, -0.15) is 26.3 Å². The van der Waals surface area contributed by atoms with Gasteiger partial charge in [0.15, 0.2) is 18.3 Å². The molecule has 20 heteroatoms. The highest BCUT2D eigenvalue weighted by Crippen LogP contribution is 2.37. The van der Waals surface area contributed by atoms with Crippen LogP contribution in [0.3, 0.4) is 0 Å². The summed E-state index contributed by atoms with van der Waals surface area (Å²) >= 11 is 1.13. The number of thiazole rings is 1. The number of nitrogens with zero attached hydrogens (tertiary/aromatic N) is 3. The molecule has 3 heterocycles. The van der Waals surface area contributed by atoms with E-state index in [1.54, 1.807) is 5.38 Å². The molecule has 0 aliphatic heterocycles. The second kappa shape index (κ2) is 15.7. The van der Waals surface area contributed by atoms with Crippen molar-refractivity contribution in [1.82, 2.24) is 15.0 Å². The van der Waals surface area contributed by atoms with Crippen LogP contribution in [0.5, 0.6) is 11.5 Å². The second-order valence-corrected chi connectivity index (χ2v) is 13.1. The molecule has 0 aliphatic carbocycles. The zero-order valence-electron chi connectivity index (χ0n) is 26.5. The molecule has 0 fully saturated rings. The van der Waals surface area contributed by atoms with E-state index in [1.807, 2.05) is 0 Å². The number of aliphatic carboxylic acids is 1. The van der Waals surface area contributed by atoms with E-state index in [-0.39, 0.29) is 43.3 Å². The molecule has 0 saturated carbocycles. The first-order chi connectivity index (χ1) is 25.0. The lowest BCUT2D eigenvalue weighted by Crippen LogP contribution is -2.20. The highest BCUT2D eigenvalue weighted by Gasteiger charge is 2.34. The molecule has 3 aromatic carbocycles. The molecule has 0 bridgehead atoms. The fraction of sp³-hybridized carbons (Fsp3) is 0.121. The molecule has 0 unspecified atom stereocenters. The van der Waals surface area contributed by atoms with Crippen LogP contribution >= 0.6 is 11.3 Å². The van der Waals surface area contributed by atoms with E-state index >= 15 is 0 Å². The average molecular weight is 780 g/mol. The van der Waals surface area contributed by atoms with Crippen LogP contribution in [0.2, 0.25) is 0 Å².